The smallest absolute Gasteiger partial charge is 0.225 e. The van der Waals surface area contributed by atoms with E-state index in [0.29, 0.717) is 5.91 Å². The molecule has 1 saturated heterocycles. The van der Waals surface area contributed by atoms with Gasteiger partial charge in [-0.1, -0.05) is 19.3 Å². The van der Waals surface area contributed by atoms with E-state index < -0.39 is 0 Å². The Bertz CT molecular complexity index is 720. The number of carbonyl (C=O) groups excluding carboxylic acids is 1. The van der Waals surface area contributed by atoms with Gasteiger partial charge < -0.3 is 9.80 Å². The average molecular weight is 351 g/mol. The summed E-state index contributed by atoms with van der Waals surface area (Å²) < 4.78 is 0. The summed E-state index contributed by atoms with van der Waals surface area (Å²) >= 11 is 0. The van der Waals surface area contributed by atoms with Crippen LogP contribution in [0, 0.1) is 5.92 Å². The maximum atomic E-state index is 12.7. The standard InChI is InChI=1S/C20H25N5O/c26-20(17-4-2-1-3-5-17)25-14-12-24(13-15-25)19-7-6-18(22-23-19)16-8-10-21-11-9-16/h6-11,17H,1-5,12-15H2. The summed E-state index contributed by atoms with van der Waals surface area (Å²) in [6.45, 7) is 3.20. The second kappa shape index (κ2) is 7.81. The van der Waals surface area contributed by atoms with Gasteiger partial charge in [0.2, 0.25) is 5.91 Å². The van der Waals surface area contributed by atoms with Crippen LogP contribution in [0.25, 0.3) is 11.3 Å². The lowest BCUT2D eigenvalue weighted by atomic mass is 9.88. The molecule has 136 valence electrons. The van der Waals surface area contributed by atoms with Gasteiger partial charge in [0.1, 0.15) is 0 Å². The van der Waals surface area contributed by atoms with Gasteiger partial charge in [0.05, 0.1) is 5.69 Å². The maximum absolute atomic E-state index is 12.7. The molecule has 0 N–H and O–H groups in total. The monoisotopic (exact) mass is 351 g/mol. The predicted octanol–water partition coefficient (Wildman–Crippen LogP) is 2.77. The minimum absolute atomic E-state index is 0.259. The van der Waals surface area contributed by atoms with Crippen LogP contribution in [0.1, 0.15) is 32.1 Å². The normalized spacial score (nSPS) is 18.8. The minimum atomic E-state index is 0.259. The predicted molar refractivity (Wildman–Crippen MR) is 101 cm³/mol. The molecule has 0 bridgehead atoms. The van der Waals surface area contributed by atoms with E-state index in [0.717, 1.165) is 56.1 Å². The van der Waals surface area contributed by atoms with Crippen LogP contribution in [0.4, 0.5) is 5.82 Å². The Kier molecular flexibility index (Phi) is 5.09. The first kappa shape index (κ1) is 16.9. The van der Waals surface area contributed by atoms with Crippen LogP contribution in [-0.4, -0.2) is 52.2 Å². The van der Waals surface area contributed by atoms with Crippen molar-refractivity contribution in [2.24, 2.45) is 5.92 Å². The first-order chi connectivity index (χ1) is 12.8. The number of nitrogens with zero attached hydrogens (tertiary/aromatic N) is 5. The van der Waals surface area contributed by atoms with E-state index >= 15 is 0 Å². The zero-order valence-electron chi connectivity index (χ0n) is 15.0. The van der Waals surface area contributed by atoms with Crippen molar-refractivity contribution >= 4 is 11.7 Å². The molecule has 0 spiro atoms. The zero-order valence-corrected chi connectivity index (χ0v) is 15.0. The van der Waals surface area contributed by atoms with Gasteiger partial charge in [-0.3, -0.25) is 9.78 Å². The van der Waals surface area contributed by atoms with Crippen molar-refractivity contribution in [1.29, 1.82) is 0 Å². The third-order valence-corrected chi connectivity index (χ3v) is 5.50. The van der Waals surface area contributed by atoms with Gasteiger partial charge in [-0.15, -0.1) is 10.2 Å². The molecule has 0 radical (unpaired) electrons. The minimum Gasteiger partial charge on any atom is -0.352 e. The van der Waals surface area contributed by atoms with E-state index in [2.05, 4.69) is 20.1 Å². The lowest BCUT2D eigenvalue weighted by molar-refractivity contribution is -0.136. The Morgan fingerprint density at radius 2 is 1.62 bits per heavy atom. The topological polar surface area (TPSA) is 62.2 Å². The van der Waals surface area contributed by atoms with E-state index in [-0.39, 0.29) is 5.92 Å². The van der Waals surface area contributed by atoms with Crippen LogP contribution in [-0.2, 0) is 4.79 Å². The largest absolute Gasteiger partial charge is 0.352 e. The van der Waals surface area contributed by atoms with Crippen molar-refractivity contribution in [1.82, 2.24) is 20.1 Å². The van der Waals surface area contributed by atoms with Crippen LogP contribution in [0.5, 0.6) is 0 Å². The van der Waals surface area contributed by atoms with Crippen LogP contribution >= 0.6 is 0 Å². The summed E-state index contributed by atoms with van der Waals surface area (Å²) in [6, 6.07) is 7.87. The van der Waals surface area contributed by atoms with E-state index in [4.69, 9.17) is 0 Å². The van der Waals surface area contributed by atoms with Crippen molar-refractivity contribution < 1.29 is 4.79 Å². The molecule has 2 fully saturated rings. The lowest BCUT2D eigenvalue weighted by Crippen LogP contribution is -2.50. The molecule has 6 nitrogen and oxygen atoms in total. The Balaban J connectivity index is 1.35. The van der Waals surface area contributed by atoms with Crippen LogP contribution in [0.2, 0.25) is 0 Å². The van der Waals surface area contributed by atoms with Gasteiger partial charge in [0, 0.05) is 50.1 Å². The van der Waals surface area contributed by atoms with E-state index in [1.807, 2.05) is 29.2 Å². The van der Waals surface area contributed by atoms with E-state index in [9.17, 15) is 4.79 Å². The Morgan fingerprint density at radius 1 is 0.885 bits per heavy atom. The maximum Gasteiger partial charge on any atom is 0.225 e. The van der Waals surface area contributed by atoms with Crippen molar-refractivity contribution in [3.63, 3.8) is 0 Å². The second-order valence-corrected chi connectivity index (χ2v) is 7.16. The summed E-state index contributed by atoms with van der Waals surface area (Å²) in [7, 11) is 0. The molecule has 1 saturated carbocycles. The van der Waals surface area contributed by atoms with Crippen LogP contribution in [0.3, 0.4) is 0 Å². The number of aromatic nitrogens is 3. The number of hydrogen-bond donors (Lipinski definition) is 0. The Labute approximate surface area is 154 Å². The van der Waals surface area contributed by atoms with Crippen molar-refractivity contribution in [3.05, 3.63) is 36.7 Å². The molecular formula is C20H25N5O. The highest BCUT2D eigenvalue weighted by molar-refractivity contribution is 5.79. The van der Waals surface area contributed by atoms with Crippen molar-refractivity contribution in [3.8, 4) is 11.3 Å². The fourth-order valence-corrected chi connectivity index (χ4v) is 3.93. The molecule has 4 rings (SSSR count). The van der Waals surface area contributed by atoms with Gasteiger partial charge in [-0.05, 0) is 37.1 Å². The average Bonchev–Trinajstić information content (AvgIpc) is 2.75. The second-order valence-electron chi connectivity index (χ2n) is 7.16. The highest BCUT2D eigenvalue weighted by Crippen LogP contribution is 2.26. The number of amides is 1. The number of rotatable bonds is 3. The molecule has 0 atom stereocenters. The fourth-order valence-electron chi connectivity index (χ4n) is 3.93. The number of carbonyl (C=O) groups is 1. The van der Waals surface area contributed by atoms with Crippen molar-refractivity contribution in [2.45, 2.75) is 32.1 Å². The molecule has 0 unspecified atom stereocenters. The van der Waals surface area contributed by atoms with Crippen LogP contribution in [0.15, 0.2) is 36.7 Å². The van der Waals surface area contributed by atoms with Gasteiger partial charge in [0.25, 0.3) is 0 Å². The summed E-state index contributed by atoms with van der Waals surface area (Å²) in [5.74, 6) is 1.51. The number of hydrogen-bond acceptors (Lipinski definition) is 5. The molecule has 6 heteroatoms. The first-order valence-electron chi connectivity index (χ1n) is 9.59. The third kappa shape index (κ3) is 3.69. The zero-order chi connectivity index (χ0) is 17.8. The highest BCUT2D eigenvalue weighted by atomic mass is 16.2. The van der Waals surface area contributed by atoms with Gasteiger partial charge in [-0.2, -0.15) is 0 Å². The molecule has 3 heterocycles. The fraction of sp³-hybridized carbons (Fsp3) is 0.500. The Hall–Kier alpha value is -2.50. The van der Waals surface area contributed by atoms with E-state index in [1.54, 1.807) is 12.4 Å². The summed E-state index contributed by atoms with van der Waals surface area (Å²) in [5, 5.41) is 8.74. The quantitative estimate of drug-likeness (QED) is 0.851. The van der Waals surface area contributed by atoms with E-state index in [1.165, 1.54) is 19.3 Å². The highest BCUT2D eigenvalue weighted by Gasteiger charge is 2.28. The molecule has 2 aromatic rings. The molecule has 2 aromatic heterocycles. The van der Waals surface area contributed by atoms with Crippen molar-refractivity contribution in [2.75, 3.05) is 31.1 Å². The molecular weight excluding hydrogens is 326 g/mol. The molecule has 0 aromatic carbocycles. The molecule has 1 aliphatic carbocycles. The summed E-state index contributed by atoms with van der Waals surface area (Å²) in [4.78, 5) is 21.0. The van der Waals surface area contributed by atoms with Gasteiger partial charge >= 0.3 is 0 Å². The lowest BCUT2D eigenvalue weighted by Gasteiger charge is -2.37. The summed E-state index contributed by atoms with van der Waals surface area (Å²) in [5.41, 5.74) is 1.87. The molecule has 1 aliphatic heterocycles. The van der Waals surface area contributed by atoms with Gasteiger partial charge in [-0.25, -0.2) is 0 Å². The molecule has 1 amide bonds. The number of anilines is 1. The first-order valence-corrected chi connectivity index (χ1v) is 9.59. The molecule has 2 aliphatic rings. The SMILES string of the molecule is O=C(C1CCCCC1)N1CCN(c2ccc(-c3ccncc3)nn2)CC1. The third-order valence-electron chi connectivity index (χ3n) is 5.50. The number of pyridine rings is 1. The van der Waals surface area contributed by atoms with Gasteiger partial charge in [0.15, 0.2) is 5.82 Å². The number of piperazine rings is 1. The molecule has 26 heavy (non-hydrogen) atoms. The summed E-state index contributed by atoms with van der Waals surface area (Å²) in [6.07, 6.45) is 9.35. The Morgan fingerprint density at radius 3 is 2.27 bits per heavy atom. The van der Waals surface area contributed by atoms with Crippen LogP contribution < -0.4 is 4.90 Å².